The lowest BCUT2D eigenvalue weighted by atomic mass is 9.82. The van der Waals surface area contributed by atoms with Crippen LogP contribution in [-0.2, 0) is 11.2 Å². The number of ether oxygens (including phenoxy) is 1. The Bertz CT molecular complexity index is 777. The van der Waals surface area contributed by atoms with Gasteiger partial charge < -0.3 is 20.1 Å². The van der Waals surface area contributed by atoms with Crippen molar-refractivity contribution >= 4 is 5.97 Å². The zero-order chi connectivity index (χ0) is 21.0. The molecule has 158 valence electrons. The summed E-state index contributed by atoms with van der Waals surface area (Å²) >= 11 is 0. The van der Waals surface area contributed by atoms with Gasteiger partial charge in [0, 0.05) is 30.7 Å². The van der Waals surface area contributed by atoms with Crippen molar-refractivity contribution in [3.05, 3.63) is 29.3 Å². The average Bonchev–Trinajstić information content (AvgIpc) is 3.19. The van der Waals surface area contributed by atoms with Gasteiger partial charge in [-0.3, -0.25) is 4.79 Å². The van der Waals surface area contributed by atoms with E-state index in [9.17, 15) is 15.0 Å². The molecule has 3 N–H and O–H groups in total. The summed E-state index contributed by atoms with van der Waals surface area (Å²) in [6.07, 6.45) is 3.21. The second-order valence-electron chi connectivity index (χ2n) is 8.48. The lowest BCUT2D eigenvalue weighted by molar-refractivity contribution is -0.137. The summed E-state index contributed by atoms with van der Waals surface area (Å²) in [6.45, 7) is 3.82. The van der Waals surface area contributed by atoms with Gasteiger partial charge in [0.1, 0.15) is 11.9 Å². The van der Waals surface area contributed by atoms with E-state index in [1.54, 1.807) is 0 Å². The summed E-state index contributed by atoms with van der Waals surface area (Å²) in [5.74, 6) is 6.33. The molecule has 5 heteroatoms. The fraction of sp³-hybridized carbons (Fsp3) is 0.625. The summed E-state index contributed by atoms with van der Waals surface area (Å²) in [5, 5.41) is 30.0. The minimum atomic E-state index is -0.781. The molecular weight excluding hydrogens is 368 g/mol. The molecule has 0 spiro atoms. The average molecular weight is 401 g/mol. The number of para-hydroxylation sites is 1. The van der Waals surface area contributed by atoms with Crippen LogP contribution in [0.1, 0.15) is 69.4 Å². The first-order chi connectivity index (χ1) is 13.9. The van der Waals surface area contributed by atoms with Crippen molar-refractivity contribution in [2.45, 2.75) is 83.0 Å². The van der Waals surface area contributed by atoms with Gasteiger partial charge in [0.15, 0.2) is 0 Å². The molecule has 1 fully saturated rings. The number of aryl methyl sites for hydroxylation is 1. The maximum atomic E-state index is 10.8. The van der Waals surface area contributed by atoms with Crippen molar-refractivity contribution in [2.75, 3.05) is 0 Å². The smallest absolute Gasteiger partial charge is 0.303 e. The van der Waals surface area contributed by atoms with E-state index in [1.165, 1.54) is 0 Å². The SMILES string of the molecule is CC#CCC(C)[C@H](O)CC[C@@H]1[C@H]2c3cccc(CCCC(=O)O)c3O[C@H]2C[C@H]1O. The highest BCUT2D eigenvalue weighted by Crippen LogP contribution is 2.53. The van der Waals surface area contributed by atoms with E-state index < -0.39 is 18.2 Å². The molecule has 0 bridgehead atoms. The topological polar surface area (TPSA) is 87.0 Å². The summed E-state index contributed by atoms with van der Waals surface area (Å²) in [7, 11) is 0. The van der Waals surface area contributed by atoms with Gasteiger partial charge in [0.05, 0.1) is 12.2 Å². The second-order valence-corrected chi connectivity index (χ2v) is 8.48. The number of carbonyl (C=O) groups is 1. The number of aliphatic carboxylic acids is 1. The summed E-state index contributed by atoms with van der Waals surface area (Å²) in [5.41, 5.74) is 2.18. The van der Waals surface area contributed by atoms with Crippen LogP contribution in [0.3, 0.4) is 0 Å². The van der Waals surface area contributed by atoms with E-state index in [0.29, 0.717) is 32.1 Å². The van der Waals surface area contributed by atoms with Gasteiger partial charge in [-0.05, 0) is 50.0 Å². The lowest BCUT2D eigenvalue weighted by Crippen LogP contribution is -2.23. The number of carboxylic acids is 1. The monoisotopic (exact) mass is 400 g/mol. The largest absolute Gasteiger partial charge is 0.489 e. The fourth-order valence-electron chi connectivity index (χ4n) is 4.83. The first-order valence-corrected chi connectivity index (χ1v) is 10.7. The molecule has 0 aromatic heterocycles. The third-order valence-corrected chi connectivity index (χ3v) is 6.48. The number of rotatable bonds is 9. The Morgan fingerprint density at radius 1 is 1.38 bits per heavy atom. The number of hydrogen-bond acceptors (Lipinski definition) is 4. The second kappa shape index (κ2) is 9.65. The van der Waals surface area contributed by atoms with Crippen LogP contribution in [0.15, 0.2) is 18.2 Å². The highest BCUT2D eigenvalue weighted by atomic mass is 16.5. The van der Waals surface area contributed by atoms with E-state index >= 15 is 0 Å². The van der Waals surface area contributed by atoms with E-state index in [0.717, 1.165) is 23.3 Å². The van der Waals surface area contributed by atoms with Crippen LogP contribution in [0, 0.1) is 23.7 Å². The molecule has 5 nitrogen and oxygen atoms in total. The zero-order valence-electron chi connectivity index (χ0n) is 17.3. The molecule has 1 aromatic rings. The Hall–Kier alpha value is -2.03. The molecule has 29 heavy (non-hydrogen) atoms. The van der Waals surface area contributed by atoms with Crippen molar-refractivity contribution in [1.82, 2.24) is 0 Å². The highest BCUT2D eigenvalue weighted by molar-refractivity contribution is 5.66. The Labute approximate surface area is 173 Å². The summed E-state index contributed by atoms with van der Waals surface area (Å²) < 4.78 is 6.24. The molecule has 1 heterocycles. The molecule has 6 atom stereocenters. The quantitative estimate of drug-likeness (QED) is 0.552. The lowest BCUT2D eigenvalue weighted by Gasteiger charge is -2.24. The minimum absolute atomic E-state index is 0.0360. The van der Waals surface area contributed by atoms with Crippen LogP contribution >= 0.6 is 0 Å². The molecule has 1 aliphatic heterocycles. The maximum absolute atomic E-state index is 10.8. The van der Waals surface area contributed by atoms with Crippen LogP contribution in [0.5, 0.6) is 5.75 Å². The Morgan fingerprint density at radius 3 is 2.90 bits per heavy atom. The normalized spacial score (nSPS) is 26.6. The van der Waals surface area contributed by atoms with Crippen molar-refractivity contribution < 1.29 is 24.9 Å². The molecule has 0 saturated heterocycles. The fourth-order valence-corrected chi connectivity index (χ4v) is 4.83. The van der Waals surface area contributed by atoms with Gasteiger partial charge in [-0.2, -0.15) is 0 Å². The van der Waals surface area contributed by atoms with Gasteiger partial charge in [-0.25, -0.2) is 0 Å². The van der Waals surface area contributed by atoms with Crippen LogP contribution in [0.25, 0.3) is 0 Å². The summed E-state index contributed by atoms with van der Waals surface area (Å²) in [4.78, 5) is 10.8. The summed E-state index contributed by atoms with van der Waals surface area (Å²) in [6, 6.07) is 6.08. The maximum Gasteiger partial charge on any atom is 0.303 e. The predicted molar refractivity (Wildman–Crippen MR) is 111 cm³/mol. The standard InChI is InChI=1S/C24H32O5/c1-3-4-7-15(2)19(25)13-12-17-20(26)14-21-23(17)18-10-5-8-16(24(18)29-21)9-6-11-22(27)28/h5,8,10,15,17,19-21,23,25-26H,6-7,9,11-14H2,1-2H3,(H,27,28)/t15?,17-,19+,20+,21-,23-/m0/s1. The number of aliphatic hydroxyl groups is 2. The van der Waals surface area contributed by atoms with Crippen LogP contribution in [-0.4, -0.2) is 39.6 Å². The highest BCUT2D eigenvalue weighted by Gasteiger charge is 2.49. The van der Waals surface area contributed by atoms with Gasteiger partial charge in [0.2, 0.25) is 0 Å². The first-order valence-electron chi connectivity index (χ1n) is 10.7. The number of benzene rings is 1. The van der Waals surface area contributed by atoms with E-state index in [4.69, 9.17) is 9.84 Å². The Morgan fingerprint density at radius 2 is 2.17 bits per heavy atom. The van der Waals surface area contributed by atoms with Crippen molar-refractivity contribution in [1.29, 1.82) is 0 Å². The molecule has 1 aromatic carbocycles. The number of aliphatic hydroxyl groups excluding tert-OH is 2. The Kier molecular flexibility index (Phi) is 7.21. The number of fused-ring (bicyclic) bond motifs is 3. The molecule has 2 aliphatic rings. The van der Waals surface area contributed by atoms with Crippen molar-refractivity contribution in [3.63, 3.8) is 0 Å². The first kappa shape index (κ1) is 21.7. The molecule has 3 rings (SSSR count). The molecular formula is C24H32O5. The third kappa shape index (κ3) is 4.94. The van der Waals surface area contributed by atoms with E-state index in [-0.39, 0.29) is 30.3 Å². The molecule has 1 saturated carbocycles. The van der Waals surface area contributed by atoms with Crippen LogP contribution < -0.4 is 4.74 Å². The van der Waals surface area contributed by atoms with Gasteiger partial charge >= 0.3 is 5.97 Å². The molecule has 0 radical (unpaired) electrons. The molecule has 1 unspecified atom stereocenters. The number of hydrogen-bond donors (Lipinski definition) is 3. The minimum Gasteiger partial charge on any atom is -0.489 e. The molecule has 0 amide bonds. The Balaban J connectivity index is 1.68. The van der Waals surface area contributed by atoms with Gasteiger partial charge in [-0.1, -0.05) is 25.1 Å². The van der Waals surface area contributed by atoms with E-state index in [1.807, 2.05) is 26.0 Å². The predicted octanol–water partition coefficient (Wildman–Crippen LogP) is 3.51. The zero-order valence-corrected chi connectivity index (χ0v) is 17.3. The van der Waals surface area contributed by atoms with Crippen molar-refractivity contribution in [3.8, 4) is 17.6 Å². The van der Waals surface area contributed by atoms with Crippen LogP contribution in [0.2, 0.25) is 0 Å². The van der Waals surface area contributed by atoms with Crippen molar-refractivity contribution in [2.24, 2.45) is 11.8 Å². The van der Waals surface area contributed by atoms with Gasteiger partial charge in [0.25, 0.3) is 0 Å². The number of carboxylic acid groups (broad SMARTS) is 1. The third-order valence-electron chi connectivity index (χ3n) is 6.48. The van der Waals surface area contributed by atoms with Gasteiger partial charge in [-0.15, -0.1) is 11.8 Å². The molecule has 1 aliphatic carbocycles. The van der Waals surface area contributed by atoms with Crippen LogP contribution in [0.4, 0.5) is 0 Å². The van der Waals surface area contributed by atoms with E-state index in [2.05, 4.69) is 17.9 Å².